The molecule has 1 N–H and O–H groups in total. The maximum atomic E-state index is 12.7. The minimum Gasteiger partial charge on any atom is -0.378 e. The number of amides is 1. The van der Waals surface area contributed by atoms with Crippen molar-refractivity contribution in [3.05, 3.63) is 41.0 Å². The van der Waals surface area contributed by atoms with E-state index in [1.54, 1.807) is 6.20 Å². The molecule has 134 valence electrons. The highest BCUT2D eigenvalue weighted by Gasteiger charge is 2.22. The minimum atomic E-state index is -0.193. The average Bonchev–Trinajstić information content (AvgIpc) is 2.99. The number of rotatable bonds is 5. The Kier molecular flexibility index (Phi) is 5.33. The Morgan fingerprint density at radius 2 is 2.12 bits per heavy atom. The van der Waals surface area contributed by atoms with Crippen molar-refractivity contribution in [3.8, 4) is 0 Å². The zero-order chi connectivity index (χ0) is 17.8. The van der Waals surface area contributed by atoms with Crippen molar-refractivity contribution >= 4 is 11.6 Å². The molecule has 0 saturated carbocycles. The SMILES string of the molecule is CC[C@H](NC(=O)c1cc(N2CCOCC2)ccn1)c1c(C)noc1C. The van der Waals surface area contributed by atoms with Gasteiger partial charge in [-0.25, -0.2) is 0 Å². The molecule has 25 heavy (non-hydrogen) atoms. The van der Waals surface area contributed by atoms with Gasteiger partial charge >= 0.3 is 0 Å². The summed E-state index contributed by atoms with van der Waals surface area (Å²) in [5, 5.41) is 7.03. The number of hydrogen-bond donors (Lipinski definition) is 1. The molecule has 7 nitrogen and oxygen atoms in total. The van der Waals surface area contributed by atoms with Gasteiger partial charge < -0.3 is 19.5 Å². The number of aryl methyl sites for hydroxylation is 2. The molecule has 0 radical (unpaired) electrons. The summed E-state index contributed by atoms with van der Waals surface area (Å²) in [5.74, 6) is 0.543. The Balaban J connectivity index is 1.76. The molecule has 2 aromatic rings. The number of morpholine rings is 1. The third kappa shape index (κ3) is 3.82. The van der Waals surface area contributed by atoms with E-state index in [9.17, 15) is 4.79 Å². The lowest BCUT2D eigenvalue weighted by atomic mass is 10.0. The molecule has 3 heterocycles. The van der Waals surface area contributed by atoms with Gasteiger partial charge in [-0.3, -0.25) is 9.78 Å². The van der Waals surface area contributed by atoms with Crippen molar-refractivity contribution in [2.45, 2.75) is 33.2 Å². The van der Waals surface area contributed by atoms with Crippen LogP contribution in [0.1, 0.15) is 46.9 Å². The molecule has 1 atom stereocenters. The van der Waals surface area contributed by atoms with Crippen molar-refractivity contribution in [1.29, 1.82) is 0 Å². The fourth-order valence-corrected chi connectivity index (χ4v) is 3.16. The molecule has 1 saturated heterocycles. The second kappa shape index (κ2) is 7.65. The fourth-order valence-electron chi connectivity index (χ4n) is 3.16. The number of carbonyl (C=O) groups is 1. The van der Waals surface area contributed by atoms with Crippen LogP contribution in [0, 0.1) is 13.8 Å². The fraction of sp³-hybridized carbons (Fsp3) is 0.500. The molecule has 0 aromatic carbocycles. The predicted molar refractivity (Wildman–Crippen MR) is 93.7 cm³/mol. The summed E-state index contributed by atoms with van der Waals surface area (Å²) in [5.41, 5.74) is 3.16. The van der Waals surface area contributed by atoms with Crippen LogP contribution < -0.4 is 10.2 Å². The van der Waals surface area contributed by atoms with Crippen molar-refractivity contribution in [2.24, 2.45) is 0 Å². The van der Waals surface area contributed by atoms with Crippen LogP contribution in [0.2, 0.25) is 0 Å². The largest absolute Gasteiger partial charge is 0.378 e. The first-order valence-electron chi connectivity index (χ1n) is 8.62. The van der Waals surface area contributed by atoms with Crippen LogP contribution in [0.15, 0.2) is 22.9 Å². The maximum Gasteiger partial charge on any atom is 0.270 e. The minimum absolute atomic E-state index is 0.146. The van der Waals surface area contributed by atoms with E-state index < -0.39 is 0 Å². The molecule has 7 heteroatoms. The normalized spacial score (nSPS) is 15.9. The zero-order valence-electron chi connectivity index (χ0n) is 14.9. The maximum absolute atomic E-state index is 12.7. The van der Waals surface area contributed by atoms with Crippen LogP contribution in [0.4, 0.5) is 5.69 Å². The lowest BCUT2D eigenvalue weighted by Gasteiger charge is -2.29. The van der Waals surface area contributed by atoms with Crippen molar-refractivity contribution in [1.82, 2.24) is 15.5 Å². The van der Waals surface area contributed by atoms with Crippen molar-refractivity contribution < 1.29 is 14.1 Å². The van der Waals surface area contributed by atoms with E-state index in [-0.39, 0.29) is 11.9 Å². The summed E-state index contributed by atoms with van der Waals surface area (Å²) in [6.45, 7) is 8.82. The standard InChI is InChI=1S/C18H24N4O3/c1-4-15(17-12(2)21-25-13(17)3)20-18(23)16-11-14(5-6-19-16)22-7-9-24-10-8-22/h5-6,11,15H,4,7-10H2,1-3H3,(H,20,23)/t15-/m0/s1. The van der Waals surface area contributed by atoms with Gasteiger partial charge in [-0.2, -0.15) is 0 Å². The Bertz CT molecular complexity index is 718. The van der Waals surface area contributed by atoms with Crippen LogP contribution in [0.25, 0.3) is 0 Å². The number of nitrogens with zero attached hydrogens (tertiary/aromatic N) is 3. The Hall–Kier alpha value is -2.41. The molecule has 0 spiro atoms. The predicted octanol–water partition coefficient (Wildman–Crippen LogP) is 2.40. The molecule has 0 aliphatic carbocycles. The molecular weight excluding hydrogens is 320 g/mol. The van der Waals surface area contributed by atoms with E-state index in [0.717, 1.165) is 42.2 Å². The third-order valence-electron chi connectivity index (χ3n) is 4.50. The number of carbonyl (C=O) groups excluding carboxylic acids is 1. The van der Waals surface area contributed by atoms with Crippen molar-refractivity contribution in [3.63, 3.8) is 0 Å². The number of aromatic nitrogens is 2. The summed E-state index contributed by atoms with van der Waals surface area (Å²) in [6, 6.07) is 3.61. The Morgan fingerprint density at radius 1 is 1.36 bits per heavy atom. The molecule has 3 rings (SSSR count). The lowest BCUT2D eigenvalue weighted by molar-refractivity contribution is 0.0930. The highest BCUT2D eigenvalue weighted by Crippen LogP contribution is 2.24. The van der Waals surface area contributed by atoms with Gasteiger partial charge in [0, 0.05) is 30.5 Å². The molecule has 1 aliphatic rings. The number of nitrogens with one attached hydrogen (secondary N) is 1. The van der Waals surface area contributed by atoms with Gasteiger partial charge in [0.15, 0.2) is 0 Å². The Labute approximate surface area is 147 Å². The van der Waals surface area contributed by atoms with E-state index in [1.165, 1.54) is 0 Å². The van der Waals surface area contributed by atoms with Crippen LogP contribution in [-0.2, 0) is 4.74 Å². The molecule has 2 aromatic heterocycles. The smallest absolute Gasteiger partial charge is 0.270 e. The quantitative estimate of drug-likeness (QED) is 0.897. The summed E-state index contributed by atoms with van der Waals surface area (Å²) < 4.78 is 10.6. The first kappa shape index (κ1) is 17.4. The molecular formula is C18H24N4O3. The van der Waals surface area contributed by atoms with Gasteiger partial charge in [-0.15, -0.1) is 0 Å². The van der Waals surface area contributed by atoms with Crippen LogP contribution in [0.5, 0.6) is 0 Å². The highest BCUT2D eigenvalue weighted by molar-refractivity contribution is 5.93. The van der Waals surface area contributed by atoms with Crippen LogP contribution in [-0.4, -0.2) is 42.4 Å². The van der Waals surface area contributed by atoms with E-state index in [1.807, 2.05) is 32.9 Å². The number of pyridine rings is 1. The second-order valence-corrected chi connectivity index (χ2v) is 6.17. The highest BCUT2D eigenvalue weighted by atomic mass is 16.5. The van der Waals surface area contributed by atoms with E-state index in [4.69, 9.17) is 9.26 Å². The first-order valence-corrected chi connectivity index (χ1v) is 8.62. The molecule has 0 bridgehead atoms. The Morgan fingerprint density at radius 3 is 2.76 bits per heavy atom. The molecule has 1 fully saturated rings. The number of hydrogen-bond acceptors (Lipinski definition) is 6. The van der Waals surface area contributed by atoms with E-state index in [2.05, 4.69) is 20.4 Å². The number of anilines is 1. The monoisotopic (exact) mass is 344 g/mol. The molecule has 1 aliphatic heterocycles. The van der Waals surface area contributed by atoms with Gasteiger partial charge in [0.25, 0.3) is 5.91 Å². The second-order valence-electron chi connectivity index (χ2n) is 6.17. The van der Waals surface area contributed by atoms with Gasteiger partial charge in [-0.1, -0.05) is 12.1 Å². The molecule has 0 unspecified atom stereocenters. The summed E-state index contributed by atoms with van der Waals surface area (Å²) in [7, 11) is 0. The van der Waals surface area contributed by atoms with E-state index >= 15 is 0 Å². The topological polar surface area (TPSA) is 80.5 Å². The van der Waals surface area contributed by atoms with Gasteiger partial charge in [0.1, 0.15) is 11.5 Å². The summed E-state index contributed by atoms with van der Waals surface area (Å²) >= 11 is 0. The van der Waals surface area contributed by atoms with Crippen LogP contribution >= 0.6 is 0 Å². The lowest BCUT2D eigenvalue weighted by Crippen LogP contribution is -2.36. The van der Waals surface area contributed by atoms with Gasteiger partial charge in [0.05, 0.1) is 24.9 Å². The average molecular weight is 344 g/mol. The third-order valence-corrected chi connectivity index (χ3v) is 4.50. The zero-order valence-corrected chi connectivity index (χ0v) is 14.9. The van der Waals surface area contributed by atoms with E-state index in [0.29, 0.717) is 18.9 Å². The summed E-state index contributed by atoms with van der Waals surface area (Å²) in [4.78, 5) is 19.1. The van der Waals surface area contributed by atoms with Gasteiger partial charge in [0.2, 0.25) is 0 Å². The van der Waals surface area contributed by atoms with Crippen molar-refractivity contribution in [2.75, 3.05) is 31.2 Å². The summed E-state index contributed by atoms with van der Waals surface area (Å²) in [6.07, 6.45) is 2.42. The van der Waals surface area contributed by atoms with Crippen LogP contribution in [0.3, 0.4) is 0 Å². The molecule has 1 amide bonds. The first-order chi connectivity index (χ1) is 12.1. The van der Waals surface area contributed by atoms with Gasteiger partial charge in [-0.05, 0) is 32.4 Å². The number of ether oxygens (including phenoxy) is 1.